The smallest absolute Gasteiger partial charge is 0.354 e. The number of rotatable bonds is 7. The summed E-state index contributed by atoms with van der Waals surface area (Å²) in [5, 5.41) is 18.5. The normalized spacial score (nSPS) is 17.1. The quantitative estimate of drug-likeness (QED) is 0.665. The Labute approximate surface area is 106 Å². The van der Waals surface area contributed by atoms with Gasteiger partial charge in [0.05, 0.1) is 6.20 Å². The van der Waals surface area contributed by atoms with Crippen LogP contribution < -0.4 is 5.32 Å². The van der Waals surface area contributed by atoms with E-state index in [0.29, 0.717) is 18.2 Å². The molecule has 1 aromatic heterocycles. The van der Waals surface area contributed by atoms with Gasteiger partial charge in [0.15, 0.2) is 0 Å². The van der Waals surface area contributed by atoms with Crippen LogP contribution in [0.2, 0.25) is 0 Å². The van der Waals surface area contributed by atoms with Crippen LogP contribution in [0, 0.1) is 0 Å². The minimum absolute atomic E-state index is 0.172. The molecule has 1 heterocycles. The lowest BCUT2D eigenvalue weighted by molar-refractivity contribution is 0.0689. The van der Waals surface area contributed by atoms with E-state index in [0.717, 1.165) is 12.6 Å². The number of hydrogen-bond donors (Lipinski definition) is 3. The zero-order chi connectivity index (χ0) is 13.1. The highest BCUT2D eigenvalue weighted by atomic mass is 16.4. The second-order valence-corrected chi connectivity index (χ2v) is 4.95. The number of H-pyrrole nitrogens is 1. The van der Waals surface area contributed by atoms with Crippen LogP contribution in [0.15, 0.2) is 6.20 Å². The molecule has 1 atom stereocenters. The number of nitrogens with zero attached hydrogens (tertiary/aromatic N) is 2. The largest absolute Gasteiger partial charge is 0.477 e. The van der Waals surface area contributed by atoms with E-state index in [1.54, 1.807) is 6.20 Å². The lowest BCUT2D eigenvalue weighted by Gasteiger charge is -2.24. The standard InChI is InChI=1S/C12H20N4O2/c1-8(16(2)10-3-4-10)5-13-6-9-7-14-15-11(9)12(17)18/h7-8,10,13H,3-6H2,1-2H3,(H,14,15)(H,17,18). The predicted octanol–water partition coefficient (Wildman–Crippen LogP) is 0.680. The Hall–Kier alpha value is -1.40. The number of nitrogens with one attached hydrogen (secondary N) is 2. The number of aromatic carboxylic acids is 1. The summed E-state index contributed by atoms with van der Waals surface area (Å²) in [6, 6.07) is 1.20. The summed E-state index contributed by atoms with van der Waals surface area (Å²) in [5.41, 5.74) is 0.870. The average Bonchev–Trinajstić information content (AvgIpc) is 3.07. The van der Waals surface area contributed by atoms with Crippen molar-refractivity contribution in [3.05, 3.63) is 17.5 Å². The molecule has 3 N–H and O–H groups in total. The number of carbonyl (C=O) groups is 1. The van der Waals surface area contributed by atoms with E-state index < -0.39 is 5.97 Å². The second kappa shape index (κ2) is 5.49. The molecule has 0 radical (unpaired) electrons. The van der Waals surface area contributed by atoms with Crippen molar-refractivity contribution in [2.75, 3.05) is 13.6 Å². The molecular formula is C12H20N4O2. The van der Waals surface area contributed by atoms with E-state index in [9.17, 15) is 4.79 Å². The first-order chi connectivity index (χ1) is 8.59. The minimum atomic E-state index is -0.965. The molecule has 0 amide bonds. The van der Waals surface area contributed by atoms with Gasteiger partial charge in [-0.2, -0.15) is 5.10 Å². The first-order valence-corrected chi connectivity index (χ1v) is 6.27. The number of carboxylic acids is 1. The fraction of sp³-hybridized carbons (Fsp3) is 0.667. The molecule has 0 aromatic carbocycles. The van der Waals surface area contributed by atoms with Crippen molar-refractivity contribution in [3.8, 4) is 0 Å². The van der Waals surface area contributed by atoms with Crippen molar-refractivity contribution in [1.82, 2.24) is 20.4 Å². The van der Waals surface area contributed by atoms with Gasteiger partial charge in [0.2, 0.25) is 0 Å². The summed E-state index contributed by atoms with van der Waals surface area (Å²) in [4.78, 5) is 13.3. The number of aromatic nitrogens is 2. The Morgan fingerprint density at radius 1 is 1.72 bits per heavy atom. The van der Waals surface area contributed by atoms with Gasteiger partial charge >= 0.3 is 5.97 Å². The molecule has 1 fully saturated rings. The third-order valence-electron chi connectivity index (χ3n) is 3.51. The molecule has 6 heteroatoms. The van der Waals surface area contributed by atoms with Crippen molar-refractivity contribution in [1.29, 1.82) is 0 Å². The van der Waals surface area contributed by atoms with Crippen molar-refractivity contribution in [3.63, 3.8) is 0 Å². The first-order valence-electron chi connectivity index (χ1n) is 6.27. The van der Waals surface area contributed by atoms with Crippen LogP contribution in [0.5, 0.6) is 0 Å². The molecule has 0 spiro atoms. The minimum Gasteiger partial charge on any atom is -0.477 e. The molecule has 18 heavy (non-hydrogen) atoms. The Bertz CT molecular complexity index is 414. The summed E-state index contributed by atoms with van der Waals surface area (Å²) >= 11 is 0. The Morgan fingerprint density at radius 3 is 3.06 bits per heavy atom. The van der Waals surface area contributed by atoms with Crippen LogP contribution >= 0.6 is 0 Å². The molecule has 1 aliphatic carbocycles. The summed E-state index contributed by atoms with van der Waals surface area (Å²) in [6.07, 6.45) is 4.16. The van der Waals surface area contributed by atoms with E-state index >= 15 is 0 Å². The fourth-order valence-corrected chi connectivity index (χ4v) is 2.03. The van der Waals surface area contributed by atoms with Crippen LogP contribution in [0.3, 0.4) is 0 Å². The lowest BCUT2D eigenvalue weighted by atomic mass is 10.2. The van der Waals surface area contributed by atoms with Crippen molar-refractivity contribution >= 4 is 5.97 Å². The van der Waals surface area contributed by atoms with Crippen LogP contribution in [0.1, 0.15) is 35.8 Å². The summed E-state index contributed by atoms with van der Waals surface area (Å²) in [6.45, 7) is 3.55. The van der Waals surface area contributed by atoms with E-state index in [-0.39, 0.29) is 5.69 Å². The third kappa shape index (κ3) is 3.08. The molecule has 0 aliphatic heterocycles. The molecule has 100 valence electrons. The summed E-state index contributed by atoms with van der Waals surface area (Å²) in [5.74, 6) is -0.965. The number of likely N-dealkylation sites (N-methyl/N-ethyl adjacent to an activating group) is 1. The second-order valence-electron chi connectivity index (χ2n) is 4.95. The van der Waals surface area contributed by atoms with E-state index in [4.69, 9.17) is 5.11 Å². The van der Waals surface area contributed by atoms with Crippen LogP contribution in [-0.4, -0.2) is 51.8 Å². The van der Waals surface area contributed by atoms with Gasteiger partial charge in [0.25, 0.3) is 0 Å². The number of carboxylic acid groups (broad SMARTS) is 1. The van der Waals surface area contributed by atoms with Gasteiger partial charge in [-0.15, -0.1) is 0 Å². The zero-order valence-electron chi connectivity index (χ0n) is 10.8. The Balaban J connectivity index is 1.77. The molecule has 1 aromatic rings. The van der Waals surface area contributed by atoms with Gasteiger partial charge in [-0.05, 0) is 26.8 Å². The molecule has 1 unspecified atom stereocenters. The first kappa shape index (κ1) is 13.0. The highest BCUT2D eigenvalue weighted by molar-refractivity contribution is 5.86. The van der Waals surface area contributed by atoms with Gasteiger partial charge in [-0.3, -0.25) is 10.00 Å². The highest BCUT2D eigenvalue weighted by Crippen LogP contribution is 2.26. The SMILES string of the molecule is CC(CNCc1cn[nH]c1C(=O)O)N(C)C1CC1. The summed E-state index contributed by atoms with van der Waals surface area (Å²) in [7, 11) is 2.14. The Kier molecular flexibility index (Phi) is 3.98. The molecule has 0 bridgehead atoms. The zero-order valence-corrected chi connectivity index (χ0v) is 10.8. The Morgan fingerprint density at radius 2 is 2.44 bits per heavy atom. The molecule has 6 nitrogen and oxygen atoms in total. The fourth-order valence-electron chi connectivity index (χ4n) is 2.03. The van der Waals surface area contributed by atoms with Gasteiger partial charge in [0, 0.05) is 30.7 Å². The lowest BCUT2D eigenvalue weighted by Crippen LogP contribution is -2.39. The molecule has 1 aliphatic rings. The van der Waals surface area contributed by atoms with Crippen LogP contribution in [-0.2, 0) is 6.54 Å². The maximum absolute atomic E-state index is 10.9. The number of aromatic amines is 1. The van der Waals surface area contributed by atoms with Crippen molar-refractivity contribution < 1.29 is 9.90 Å². The van der Waals surface area contributed by atoms with Gasteiger partial charge < -0.3 is 10.4 Å². The van der Waals surface area contributed by atoms with E-state index in [1.807, 2.05) is 0 Å². The molecular weight excluding hydrogens is 232 g/mol. The average molecular weight is 252 g/mol. The predicted molar refractivity (Wildman–Crippen MR) is 67.5 cm³/mol. The number of hydrogen-bond acceptors (Lipinski definition) is 4. The van der Waals surface area contributed by atoms with Gasteiger partial charge in [0.1, 0.15) is 5.69 Å². The topological polar surface area (TPSA) is 81.2 Å². The van der Waals surface area contributed by atoms with Gasteiger partial charge in [-0.25, -0.2) is 4.79 Å². The van der Waals surface area contributed by atoms with E-state index in [2.05, 4.69) is 34.4 Å². The maximum atomic E-state index is 10.9. The van der Waals surface area contributed by atoms with Crippen molar-refractivity contribution in [2.45, 2.75) is 38.4 Å². The maximum Gasteiger partial charge on any atom is 0.354 e. The third-order valence-corrected chi connectivity index (χ3v) is 3.51. The summed E-state index contributed by atoms with van der Waals surface area (Å²) < 4.78 is 0. The monoisotopic (exact) mass is 252 g/mol. The molecule has 2 rings (SSSR count). The van der Waals surface area contributed by atoms with Crippen LogP contribution in [0.25, 0.3) is 0 Å². The highest BCUT2D eigenvalue weighted by Gasteiger charge is 2.28. The van der Waals surface area contributed by atoms with Crippen LogP contribution in [0.4, 0.5) is 0 Å². The van der Waals surface area contributed by atoms with E-state index in [1.165, 1.54) is 12.8 Å². The molecule has 0 saturated heterocycles. The molecule has 1 saturated carbocycles. The van der Waals surface area contributed by atoms with Gasteiger partial charge in [-0.1, -0.05) is 0 Å². The van der Waals surface area contributed by atoms with Crippen molar-refractivity contribution in [2.24, 2.45) is 0 Å².